The number of rotatable bonds is 8. The second-order valence-corrected chi connectivity index (χ2v) is 9.25. The summed E-state index contributed by atoms with van der Waals surface area (Å²) in [7, 11) is 4.32. The highest BCUT2D eigenvalue weighted by molar-refractivity contribution is 5.36. The van der Waals surface area contributed by atoms with Gasteiger partial charge in [0.1, 0.15) is 0 Å². The third-order valence-corrected chi connectivity index (χ3v) is 6.71. The number of unbranched alkanes of at least 4 members (excludes halogenated alkanes) is 2. The third kappa shape index (κ3) is 5.09. The average Bonchev–Trinajstić information content (AvgIpc) is 3.04. The molecule has 1 unspecified atom stereocenters. The van der Waals surface area contributed by atoms with E-state index < -0.39 is 0 Å². The maximum Gasteiger partial charge on any atom is 0.0611 e. The van der Waals surface area contributed by atoms with Crippen molar-refractivity contribution in [1.82, 2.24) is 4.90 Å². The Morgan fingerprint density at radius 1 is 1.15 bits per heavy atom. The van der Waals surface area contributed by atoms with Crippen molar-refractivity contribution >= 4 is 0 Å². The van der Waals surface area contributed by atoms with Crippen molar-refractivity contribution in [3.05, 3.63) is 34.9 Å². The van der Waals surface area contributed by atoms with Gasteiger partial charge < -0.3 is 15.7 Å². The summed E-state index contributed by atoms with van der Waals surface area (Å²) in [5.74, 6) is 1.41. The molecule has 3 N–H and O–H groups in total. The van der Waals surface area contributed by atoms with E-state index in [2.05, 4.69) is 37.2 Å². The molecule has 0 spiro atoms. The minimum Gasteiger partial charge on any atom is -0.394 e. The van der Waals surface area contributed by atoms with Crippen LogP contribution in [0.5, 0.6) is 0 Å². The van der Waals surface area contributed by atoms with Gasteiger partial charge in [0.15, 0.2) is 0 Å². The highest BCUT2D eigenvalue weighted by Crippen LogP contribution is 2.40. The quantitative estimate of drug-likeness (QED) is 0.694. The highest BCUT2D eigenvalue weighted by atomic mass is 16.3. The first-order valence-corrected chi connectivity index (χ1v) is 10.7. The van der Waals surface area contributed by atoms with Crippen LogP contribution in [0.25, 0.3) is 0 Å². The summed E-state index contributed by atoms with van der Waals surface area (Å²) in [6.45, 7) is 1.34. The van der Waals surface area contributed by atoms with Crippen molar-refractivity contribution < 1.29 is 5.11 Å². The Morgan fingerprint density at radius 2 is 2.00 bits per heavy atom. The van der Waals surface area contributed by atoms with Crippen molar-refractivity contribution in [2.24, 2.45) is 11.7 Å². The lowest BCUT2D eigenvalue weighted by Gasteiger charge is -2.26. The van der Waals surface area contributed by atoms with Crippen molar-refractivity contribution in [2.75, 3.05) is 27.2 Å². The van der Waals surface area contributed by atoms with Gasteiger partial charge in [0.05, 0.1) is 6.61 Å². The second-order valence-electron chi connectivity index (χ2n) is 9.25. The molecule has 0 saturated heterocycles. The van der Waals surface area contributed by atoms with Gasteiger partial charge in [-0.15, -0.1) is 0 Å². The predicted molar refractivity (Wildman–Crippen MR) is 110 cm³/mol. The van der Waals surface area contributed by atoms with Crippen molar-refractivity contribution in [2.45, 2.75) is 75.7 Å². The number of aliphatic hydroxyl groups is 1. The molecule has 26 heavy (non-hydrogen) atoms. The molecule has 3 nitrogen and oxygen atoms in total. The molecule has 0 bridgehead atoms. The third-order valence-electron chi connectivity index (χ3n) is 6.71. The Morgan fingerprint density at radius 3 is 2.73 bits per heavy atom. The number of hydrogen-bond acceptors (Lipinski definition) is 3. The molecular formula is C23H38N2O. The molecule has 0 amide bonds. The lowest BCUT2D eigenvalue weighted by Crippen LogP contribution is -2.40. The van der Waals surface area contributed by atoms with E-state index in [0.29, 0.717) is 5.92 Å². The fraction of sp³-hybridized carbons (Fsp3) is 0.739. The Kier molecular flexibility index (Phi) is 6.76. The number of nitrogens with zero attached hydrogens (tertiary/aromatic N) is 1. The zero-order chi connectivity index (χ0) is 18.6. The maximum atomic E-state index is 9.52. The number of hydrogen-bond donors (Lipinski definition) is 2. The molecule has 2 aliphatic carbocycles. The first kappa shape index (κ1) is 19.9. The van der Waals surface area contributed by atoms with Crippen LogP contribution in [0, 0.1) is 5.92 Å². The topological polar surface area (TPSA) is 49.5 Å². The first-order chi connectivity index (χ1) is 12.5. The van der Waals surface area contributed by atoms with Gasteiger partial charge in [-0.25, -0.2) is 0 Å². The van der Waals surface area contributed by atoms with Crippen molar-refractivity contribution in [3.63, 3.8) is 0 Å². The monoisotopic (exact) mass is 358 g/mol. The van der Waals surface area contributed by atoms with Gasteiger partial charge in [-0.3, -0.25) is 0 Å². The van der Waals surface area contributed by atoms with Gasteiger partial charge in [0.2, 0.25) is 0 Å². The minimum atomic E-state index is -0.349. The maximum absolute atomic E-state index is 9.52. The van der Waals surface area contributed by atoms with Crippen LogP contribution >= 0.6 is 0 Å². The van der Waals surface area contributed by atoms with E-state index in [-0.39, 0.29) is 12.1 Å². The van der Waals surface area contributed by atoms with Crippen molar-refractivity contribution in [1.29, 1.82) is 0 Å². The van der Waals surface area contributed by atoms with Gasteiger partial charge in [0, 0.05) is 5.54 Å². The van der Waals surface area contributed by atoms with E-state index in [9.17, 15) is 5.11 Å². The first-order valence-electron chi connectivity index (χ1n) is 10.7. The Bertz CT molecular complexity index is 586. The molecule has 0 radical (unpaired) electrons. The molecule has 2 aliphatic rings. The van der Waals surface area contributed by atoms with E-state index in [4.69, 9.17) is 5.73 Å². The molecule has 3 rings (SSSR count). The largest absolute Gasteiger partial charge is 0.394 e. The summed E-state index contributed by atoms with van der Waals surface area (Å²) in [6, 6.07) is 7.18. The predicted octanol–water partition coefficient (Wildman–Crippen LogP) is 3.87. The average molecular weight is 359 g/mol. The van der Waals surface area contributed by atoms with E-state index >= 15 is 0 Å². The molecular weight excluding hydrogens is 320 g/mol. The summed E-state index contributed by atoms with van der Waals surface area (Å²) in [5.41, 5.74) is 10.5. The van der Waals surface area contributed by atoms with E-state index in [1.54, 1.807) is 11.1 Å². The smallest absolute Gasteiger partial charge is 0.0611 e. The summed E-state index contributed by atoms with van der Waals surface area (Å²) < 4.78 is 0. The summed E-state index contributed by atoms with van der Waals surface area (Å²) in [6.07, 6.45) is 12.3. The second kappa shape index (κ2) is 8.86. The molecule has 1 fully saturated rings. The van der Waals surface area contributed by atoms with Gasteiger partial charge in [-0.2, -0.15) is 0 Å². The van der Waals surface area contributed by atoms with Crippen LogP contribution < -0.4 is 5.73 Å². The van der Waals surface area contributed by atoms with Gasteiger partial charge in [-0.1, -0.05) is 37.5 Å². The molecule has 0 heterocycles. The van der Waals surface area contributed by atoms with Gasteiger partial charge in [0.25, 0.3) is 0 Å². The zero-order valence-electron chi connectivity index (χ0n) is 16.8. The molecule has 1 saturated carbocycles. The summed E-state index contributed by atoms with van der Waals surface area (Å²) in [4.78, 5) is 2.29. The van der Waals surface area contributed by atoms with Crippen LogP contribution in [0.3, 0.4) is 0 Å². The van der Waals surface area contributed by atoms with Gasteiger partial charge in [-0.05, 0) is 94.1 Å². The number of aliphatic hydroxyl groups excluding tert-OH is 1. The number of aryl methyl sites for hydroxylation is 1. The summed E-state index contributed by atoms with van der Waals surface area (Å²) >= 11 is 0. The van der Waals surface area contributed by atoms with Crippen LogP contribution in [-0.4, -0.2) is 42.8 Å². The Balaban J connectivity index is 1.50. The van der Waals surface area contributed by atoms with Crippen LogP contribution in [0.2, 0.25) is 0 Å². The molecule has 0 aliphatic heterocycles. The normalized spacial score (nSPS) is 28.5. The van der Waals surface area contributed by atoms with E-state index in [1.165, 1.54) is 57.1 Å². The molecule has 1 aromatic rings. The lowest BCUT2D eigenvalue weighted by atomic mass is 9.79. The molecule has 0 aromatic heterocycles. The van der Waals surface area contributed by atoms with Crippen LogP contribution in [0.15, 0.2) is 18.2 Å². The fourth-order valence-corrected chi connectivity index (χ4v) is 4.97. The highest BCUT2D eigenvalue weighted by Gasteiger charge is 2.36. The molecule has 146 valence electrons. The SMILES string of the molecule is CN(C)CCCCCC1CCc2cc([C@H]3CC[C@](N)(CO)C3)ccc2C1. The van der Waals surface area contributed by atoms with Crippen molar-refractivity contribution in [3.8, 4) is 0 Å². The minimum absolute atomic E-state index is 0.116. The fourth-order valence-electron chi connectivity index (χ4n) is 4.97. The standard InChI is InChI=1S/C23H38N2O/c1-25(2)13-5-3-4-6-18-7-8-20-15-21(10-9-19(20)14-18)22-11-12-23(24,16-22)17-26/h9-10,15,18,22,26H,3-8,11-14,16-17,24H2,1-2H3/t18?,22-,23+/m0/s1. The molecule has 3 atom stereocenters. The Labute approximate surface area is 160 Å². The van der Waals surface area contributed by atoms with Crippen LogP contribution in [-0.2, 0) is 12.8 Å². The molecule has 3 heteroatoms. The van der Waals surface area contributed by atoms with Gasteiger partial charge >= 0.3 is 0 Å². The van der Waals surface area contributed by atoms with Crippen LogP contribution in [0.4, 0.5) is 0 Å². The van der Waals surface area contributed by atoms with E-state index in [1.807, 2.05) is 0 Å². The zero-order valence-corrected chi connectivity index (χ0v) is 16.8. The van der Waals surface area contributed by atoms with E-state index in [0.717, 1.165) is 25.2 Å². The Hall–Kier alpha value is -0.900. The number of benzene rings is 1. The lowest BCUT2D eigenvalue weighted by molar-refractivity contribution is 0.198. The number of fused-ring (bicyclic) bond motifs is 1. The van der Waals surface area contributed by atoms with Crippen LogP contribution in [0.1, 0.15) is 74.0 Å². The summed E-state index contributed by atoms with van der Waals surface area (Å²) in [5, 5.41) is 9.52. The number of nitrogens with two attached hydrogens (primary N) is 1. The molecule has 1 aromatic carbocycles.